The molecular formula is C14H11Cl2NO3S. The van der Waals surface area contributed by atoms with E-state index >= 15 is 0 Å². The van der Waals surface area contributed by atoms with E-state index in [9.17, 15) is 9.59 Å². The van der Waals surface area contributed by atoms with Crippen LogP contribution in [0.3, 0.4) is 0 Å². The SMILES string of the molecule is O=C(COC(=O)c1sc2cc(Cl)ccc2c1Cl)NC1CC1. The fourth-order valence-electron chi connectivity index (χ4n) is 1.86. The zero-order valence-electron chi connectivity index (χ0n) is 10.8. The molecule has 3 rings (SSSR count). The molecule has 21 heavy (non-hydrogen) atoms. The van der Waals surface area contributed by atoms with Crippen LogP contribution >= 0.6 is 34.5 Å². The molecule has 0 aliphatic heterocycles. The summed E-state index contributed by atoms with van der Waals surface area (Å²) in [6.45, 7) is -0.291. The molecule has 1 amide bonds. The van der Waals surface area contributed by atoms with Gasteiger partial charge in [0, 0.05) is 21.2 Å². The Morgan fingerprint density at radius 1 is 1.33 bits per heavy atom. The third-order valence-electron chi connectivity index (χ3n) is 3.05. The molecule has 0 atom stereocenters. The third kappa shape index (κ3) is 3.31. The summed E-state index contributed by atoms with van der Waals surface area (Å²) in [6, 6.07) is 5.45. The summed E-state index contributed by atoms with van der Waals surface area (Å²) < 4.78 is 5.81. The number of carbonyl (C=O) groups is 2. The van der Waals surface area contributed by atoms with Gasteiger partial charge < -0.3 is 10.1 Å². The van der Waals surface area contributed by atoms with Crippen molar-refractivity contribution in [1.82, 2.24) is 5.32 Å². The molecule has 1 N–H and O–H groups in total. The van der Waals surface area contributed by atoms with Crippen LogP contribution in [0.25, 0.3) is 10.1 Å². The standard InChI is InChI=1S/C14H11Cl2NO3S/c15-7-1-4-9-10(5-7)21-13(12(9)16)14(19)20-6-11(18)17-8-2-3-8/h1,4-5,8H,2-3,6H2,(H,17,18). The molecule has 1 heterocycles. The number of carbonyl (C=O) groups excluding carboxylic acids is 2. The largest absolute Gasteiger partial charge is 0.451 e. The zero-order valence-corrected chi connectivity index (χ0v) is 13.1. The first kappa shape index (κ1) is 14.6. The molecule has 110 valence electrons. The Morgan fingerprint density at radius 3 is 2.81 bits per heavy atom. The fraction of sp³-hybridized carbons (Fsp3) is 0.286. The van der Waals surface area contributed by atoms with Crippen molar-refractivity contribution in [1.29, 1.82) is 0 Å². The Kier molecular flexibility index (Phi) is 4.06. The topological polar surface area (TPSA) is 55.4 Å². The summed E-state index contributed by atoms with van der Waals surface area (Å²) in [4.78, 5) is 23.8. The Bertz CT molecular complexity index is 724. The van der Waals surface area contributed by atoms with E-state index in [2.05, 4.69) is 5.32 Å². The minimum Gasteiger partial charge on any atom is -0.451 e. The van der Waals surface area contributed by atoms with Crippen LogP contribution in [0, 0.1) is 0 Å². The minimum absolute atomic E-state index is 0.242. The summed E-state index contributed by atoms with van der Waals surface area (Å²) in [6.07, 6.45) is 1.98. The number of benzene rings is 1. The van der Waals surface area contributed by atoms with Gasteiger partial charge in [-0.1, -0.05) is 29.3 Å². The first-order chi connectivity index (χ1) is 10.0. The Morgan fingerprint density at radius 2 is 2.10 bits per heavy atom. The molecule has 4 nitrogen and oxygen atoms in total. The number of hydrogen-bond donors (Lipinski definition) is 1. The van der Waals surface area contributed by atoms with E-state index in [0.29, 0.717) is 10.0 Å². The van der Waals surface area contributed by atoms with Gasteiger partial charge in [-0.15, -0.1) is 11.3 Å². The highest BCUT2D eigenvalue weighted by atomic mass is 35.5. The van der Waals surface area contributed by atoms with E-state index in [-0.39, 0.29) is 23.4 Å². The molecular weight excluding hydrogens is 333 g/mol. The number of esters is 1. The van der Waals surface area contributed by atoms with Crippen molar-refractivity contribution >= 4 is 56.5 Å². The molecule has 0 bridgehead atoms. The molecule has 0 unspecified atom stereocenters. The van der Waals surface area contributed by atoms with Crippen molar-refractivity contribution in [2.24, 2.45) is 0 Å². The van der Waals surface area contributed by atoms with Crippen LogP contribution < -0.4 is 5.32 Å². The number of ether oxygens (including phenoxy) is 1. The number of amides is 1. The van der Waals surface area contributed by atoms with E-state index in [0.717, 1.165) is 22.9 Å². The van der Waals surface area contributed by atoms with Crippen molar-refractivity contribution in [3.8, 4) is 0 Å². The monoisotopic (exact) mass is 343 g/mol. The van der Waals surface area contributed by atoms with E-state index in [1.165, 1.54) is 11.3 Å². The van der Waals surface area contributed by atoms with Gasteiger partial charge in [0.2, 0.25) is 0 Å². The van der Waals surface area contributed by atoms with Gasteiger partial charge in [0.05, 0.1) is 5.02 Å². The number of thiophene rings is 1. The van der Waals surface area contributed by atoms with Crippen molar-refractivity contribution in [3.05, 3.63) is 33.1 Å². The van der Waals surface area contributed by atoms with Gasteiger partial charge >= 0.3 is 5.97 Å². The van der Waals surface area contributed by atoms with Gasteiger partial charge in [0.15, 0.2) is 6.61 Å². The normalized spacial score (nSPS) is 14.2. The van der Waals surface area contributed by atoms with Crippen molar-refractivity contribution in [2.75, 3.05) is 6.61 Å². The maximum absolute atomic E-state index is 12.0. The first-order valence-electron chi connectivity index (χ1n) is 6.38. The Labute approximate surface area is 135 Å². The predicted molar refractivity (Wildman–Crippen MR) is 83.3 cm³/mol. The molecule has 1 fully saturated rings. The highest BCUT2D eigenvalue weighted by Crippen LogP contribution is 2.37. The lowest BCUT2D eigenvalue weighted by Gasteiger charge is -2.04. The maximum atomic E-state index is 12.0. The maximum Gasteiger partial charge on any atom is 0.350 e. The summed E-state index contributed by atoms with van der Waals surface area (Å²) in [5.74, 6) is -0.880. The lowest BCUT2D eigenvalue weighted by molar-refractivity contribution is -0.124. The van der Waals surface area contributed by atoms with E-state index in [1.807, 2.05) is 0 Å². The molecule has 0 saturated heterocycles. The highest BCUT2D eigenvalue weighted by Gasteiger charge is 2.24. The van der Waals surface area contributed by atoms with Crippen LogP contribution in [0.2, 0.25) is 10.0 Å². The molecule has 1 aromatic carbocycles. The molecule has 7 heteroatoms. The van der Waals surface area contributed by atoms with Crippen LogP contribution in [0.4, 0.5) is 0 Å². The number of halogens is 2. The quantitative estimate of drug-likeness (QED) is 0.862. The Balaban J connectivity index is 1.71. The lowest BCUT2D eigenvalue weighted by Crippen LogP contribution is -2.30. The number of rotatable bonds is 4. The summed E-state index contributed by atoms with van der Waals surface area (Å²) in [5, 5.41) is 4.40. The van der Waals surface area contributed by atoms with E-state index < -0.39 is 5.97 Å². The molecule has 1 aromatic heterocycles. The third-order valence-corrected chi connectivity index (χ3v) is 4.93. The van der Waals surface area contributed by atoms with Crippen LogP contribution in [0.1, 0.15) is 22.5 Å². The molecule has 2 aromatic rings. The summed E-state index contributed by atoms with van der Waals surface area (Å²) in [7, 11) is 0. The smallest absolute Gasteiger partial charge is 0.350 e. The Hall–Kier alpha value is -1.30. The molecule has 0 radical (unpaired) electrons. The molecule has 0 spiro atoms. The molecule has 1 aliphatic rings. The van der Waals surface area contributed by atoms with Gasteiger partial charge in [-0.2, -0.15) is 0 Å². The zero-order chi connectivity index (χ0) is 15.0. The summed E-state index contributed by atoms with van der Waals surface area (Å²) in [5.41, 5.74) is 0. The fourth-order valence-corrected chi connectivity index (χ4v) is 3.54. The number of fused-ring (bicyclic) bond motifs is 1. The number of nitrogens with one attached hydrogen (secondary N) is 1. The van der Waals surface area contributed by atoms with Gasteiger partial charge in [0.1, 0.15) is 4.88 Å². The van der Waals surface area contributed by atoms with Crippen LogP contribution in [0.5, 0.6) is 0 Å². The van der Waals surface area contributed by atoms with Crippen LogP contribution in [-0.2, 0) is 9.53 Å². The highest BCUT2D eigenvalue weighted by molar-refractivity contribution is 7.21. The lowest BCUT2D eigenvalue weighted by atomic mass is 10.2. The van der Waals surface area contributed by atoms with Gasteiger partial charge in [-0.05, 0) is 25.0 Å². The van der Waals surface area contributed by atoms with Gasteiger partial charge in [-0.3, -0.25) is 4.79 Å². The van der Waals surface area contributed by atoms with E-state index in [1.54, 1.807) is 18.2 Å². The van der Waals surface area contributed by atoms with Crippen LogP contribution in [-0.4, -0.2) is 24.5 Å². The first-order valence-corrected chi connectivity index (χ1v) is 7.96. The average molecular weight is 344 g/mol. The second-order valence-electron chi connectivity index (χ2n) is 4.80. The second-order valence-corrected chi connectivity index (χ2v) is 6.67. The van der Waals surface area contributed by atoms with Crippen molar-refractivity contribution < 1.29 is 14.3 Å². The van der Waals surface area contributed by atoms with E-state index in [4.69, 9.17) is 27.9 Å². The summed E-state index contributed by atoms with van der Waals surface area (Å²) >= 11 is 13.3. The molecule has 1 aliphatic carbocycles. The van der Waals surface area contributed by atoms with Crippen LogP contribution in [0.15, 0.2) is 18.2 Å². The number of hydrogen-bond acceptors (Lipinski definition) is 4. The van der Waals surface area contributed by atoms with Gasteiger partial charge in [-0.25, -0.2) is 4.79 Å². The van der Waals surface area contributed by atoms with Gasteiger partial charge in [0.25, 0.3) is 5.91 Å². The van der Waals surface area contributed by atoms with Crippen molar-refractivity contribution in [2.45, 2.75) is 18.9 Å². The minimum atomic E-state index is -0.594. The van der Waals surface area contributed by atoms with Crippen molar-refractivity contribution in [3.63, 3.8) is 0 Å². The second kappa shape index (κ2) is 5.83. The molecule has 1 saturated carbocycles. The predicted octanol–water partition coefficient (Wildman–Crippen LogP) is 3.64. The average Bonchev–Trinajstić information content (AvgIpc) is 3.19.